The average Bonchev–Trinajstić information content (AvgIpc) is 2.28. The molecule has 0 bridgehead atoms. The average molecular weight is 230 g/mol. The first-order chi connectivity index (χ1) is 8.17. The Bertz CT molecular complexity index is 489. The summed E-state index contributed by atoms with van der Waals surface area (Å²) in [6.07, 6.45) is 0. The molecule has 0 N–H and O–H groups in total. The number of nitrogens with zero attached hydrogens (tertiary/aromatic N) is 2. The molecule has 2 rings (SSSR count). The minimum Gasteiger partial charge on any atom is -0.497 e. The van der Waals surface area contributed by atoms with Gasteiger partial charge in [0.15, 0.2) is 0 Å². The van der Waals surface area contributed by atoms with E-state index in [0.29, 0.717) is 11.8 Å². The zero-order valence-electron chi connectivity index (χ0n) is 10.1. The van der Waals surface area contributed by atoms with E-state index in [-0.39, 0.29) is 0 Å². The number of aryl methyl sites for hydroxylation is 2. The highest BCUT2D eigenvalue weighted by Crippen LogP contribution is 2.21. The third-order valence-electron chi connectivity index (χ3n) is 2.23. The quantitative estimate of drug-likeness (QED) is 0.813. The van der Waals surface area contributed by atoms with E-state index < -0.39 is 0 Å². The molecule has 0 saturated heterocycles. The van der Waals surface area contributed by atoms with Crippen LogP contribution in [0.5, 0.6) is 17.5 Å². The Morgan fingerprint density at radius 2 is 1.41 bits per heavy atom. The molecule has 0 fully saturated rings. The highest BCUT2D eigenvalue weighted by molar-refractivity contribution is 5.32. The fraction of sp³-hybridized carbons (Fsp3) is 0.231. The third kappa shape index (κ3) is 2.93. The van der Waals surface area contributed by atoms with Gasteiger partial charge in [0.1, 0.15) is 11.5 Å². The molecule has 0 aliphatic rings. The summed E-state index contributed by atoms with van der Waals surface area (Å²) in [5.41, 5.74) is 1.78. The largest absolute Gasteiger partial charge is 0.497 e. The van der Waals surface area contributed by atoms with Crippen molar-refractivity contribution in [3.8, 4) is 17.5 Å². The van der Waals surface area contributed by atoms with Gasteiger partial charge < -0.3 is 9.47 Å². The molecule has 2 aromatic rings. The first kappa shape index (κ1) is 11.4. The summed E-state index contributed by atoms with van der Waals surface area (Å²) >= 11 is 0. The number of methoxy groups -OCH3 is 1. The molecular weight excluding hydrogens is 216 g/mol. The molecule has 0 amide bonds. The van der Waals surface area contributed by atoms with Crippen LogP contribution in [0.25, 0.3) is 0 Å². The summed E-state index contributed by atoms with van der Waals surface area (Å²) in [6.45, 7) is 3.82. The Morgan fingerprint density at radius 3 is 1.94 bits per heavy atom. The number of ether oxygens (including phenoxy) is 2. The first-order valence-electron chi connectivity index (χ1n) is 5.31. The van der Waals surface area contributed by atoms with Crippen molar-refractivity contribution in [3.63, 3.8) is 0 Å². The summed E-state index contributed by atoms with van der Waals surface area (Å²) in [5, 5.41) is 0. The summed E-state index contributed by atoms with van der Waals surface area (Å²) in [7, 11) is 1.63. The van der Waals surface area contributed by atoms with E-state index in [1.807, 2.05) is 44.2 Å². The lowest BCUT2D eigenvalue weighted by Crippen LogP contribution is -1.95. The van der Waals surface area contributed by atoms with Crippen LogP contribution in [0.3, 0.4) is 0 Å². The van der Waals surface area contributed by atoms with Crippen molar-refractivity contribution in [1.29, 1.82) is 0 Å². The fourth-order valence-corrected chi connectivity index (χ4v) is 1.49. The molecule has 0 saturated carbocycles. The summed E-state index contributed by atoms with van der Waals surface area (Å²) < 4.78 is 10.6. The summed E-state index contributed by atoms with van der Waals surface area (Å²) in [4.78, 5) is 8.41. The molecular formula is C13H14N2O2. The van der Waals surface area contributed by atoms with Gasteiger partial charge in [0.05, 0.1) is 7.11 Å². The van der Waals surface area contributed by atoms with Gasteiger partial charge in [-0.3, -0.25) is 0 Å². The highest BCUT2D eigenvalue weighted by atomic mass is 16.5. The molecule has 0 aliphatic carbocycles. The predicted octanol–water partition coefficient (Wildman–Crippen LogP) is 2.89. The molecule has 1 heterocycles. The van der Waals surface area contributed by atoms with Crippen molar-refractivity contribution in [2.45, 2.75) is 13.8 Å². The normalized spacial score (nSPS) is 10.1. The lowest BCUT2D eigenvalue weighted by molar-refractivity contribution is 0.410. The van der Waals surface area contributed by atoms with Gasteiger partial charge in [0, 0.05) is 11.4 Å². The van der Waals surface area contributed by atoms with E-state index in [2.05, 4.69) is 9.97 Å². The van der Waals surface area contributed by atoms with E-state index in [1.165, 1.54) is 0 Å². The van der Waals surface area contributed by atoms with Crippen LogP contribution in [0.1, 0.15) is 11.4 Å². The van der Waals surface area contributed by atoms with Gasteiger partial charge >= 0.3 is 6.01 Å². The Kier molecular flexibility index (Phi) is 3.23. The summed E-state index contributed by atoms with van der Waals surface area (Å²) in [6, 6.07) is 9.57. The molecule has 4 nitrogen and oxygen atoms in total. The first-order valence-corrected chi connectivity index (χ1v) is 5.31. The van der Waals surface area contributed by atoms with Crippen LogP contribution in [0, 0.1) is 13.8 Å². The van der Waals surface area contributed by atoms with Gasteiger partial charge in [-0.25, -0.2) is 9.97 Å². The fourth-order valence-electron chi connectivity index (χ4n) is 1.49. The molecule has 0 radical (unpaired) electrons. The maximum absolute atomic E-state index is 5.56. The standard InChI is InChI=1S/C13H14N2O2/c1-9-8-10(2)15-13(14-9)17-12-6-4-11(16-3)5-7-12/h4-8H,1-3H3. The Hall–Kier alpha value is -2.10. The number of hydrogen-bond donors (Lipinski definition) is 0. The molecule has 1 aromatic carbocycles. The van der Waals surface area contributed by atoms with E-state index in [1.54, 1.807) is 7.11 Å². The van der Waals surface area contributed by atoms with Crippen molar-refractivity contribution in [3.05, 3.63) is 41.7 Å². The van der Waals surface area contributed by atoms with E-state index in [0.717, 1.165) is 17.1 Å². The van der Waals surface area contributed by atoms with Crippen molar-refractivity contribution >= 4 is 0 Å². The Morgan fingerprint density at radius 1 is 0.882 bits per heavy atom. The van der Waals surface area contributed by atoms with Crippen molar-refractivity contribution in [1.82, 2.24) is 9.97 Å². The zero-order valence-corrected chi connectivity index (χ0v) is 10.1. The van der Waals surface area contributed by atoms with Gasteiger partial charge in [-0.15, -0.1) is 0 Å². The van der Waals surface area contributed by atoms with Crippen LogP contribution in [0.2, 0.25) is 0 Å². The smallest absolute Gasteiger partial charge is 0.322 e. The van der Waals surface area contributed by atoms with Gasteiger partial charge in [-0.05, 0) is 44.2 Å². The van der Waals surface area contributed by atoms with Gasteiger partial charge in [-0.2, -0.15) is 0 Å². The van der Waals surface area contributed by atoms with Crippen LogP contribution in [-0.4, -0.2) is 17.1 Å². The molecule has 17 heavy (non-hydrogen) atoms. The van der Waals surface area contributed by atoms with Crippen molar-refractivity contribution in [2.24, 2.45) is 0 Å². The Balaban J connectivity index is 2.19. The van der Waals surface area contributed by atoms with Crippen LogP contribution in [0.15, 0.2) is 30.3 Å². The second-order valence-electron chi connectivity index (χ2n) is 3.71. The topological polar surface area (TPSA) is 44.2 Å². The molecule has 0 unspecified atom stereocenters. The van der Waals surface area contributed by atoms with Gasteiger partial charge in [-0.1, -0.05) is 0 Å². The van der Waals surface area contributed by atoms with Crippen molar-refractivity contribution in [2.75, 3.05) is 7.11 Å². The van der Waals surface area contributed by atoms with E-state index >= 15 is 0 Å². The van der Waals surface area contributed by atoms with Crippen LogP contribution in [0.4, 0.5) is 0 Å². The minimum atomic E-state index is 0.368. The maximum Gasteiger partial charge on any atom is 0.322 e. The van der Waals surface area contributed by atoms with Gasteiger partial charge in [0.2, 0.25) is 0 Å². The molecule has 0 atom stereocenters. The second kappa shape index (κ2) is 4.82. The maximum atomic E-state index is 5.56. The van der Waals surface area contributed by atoms with Crippen LogP contribution in [-0.2, 0) is 0 Å². The van der Waals surface area contributed by atoms with Gasteiger partial charge in [0.25, 0.3) is 0 Å². The number of hydrogen-bond acceptors (Lipinski definition) is 4. The lowest BCUT2D eigenvalue weighted by atomic mass is 10.3. The van der Waals surface area contributed by atoms with Crippen LogP contribution >= 0.6 is 0 Å². The van der Waals surface area contributed by atoms with E-state index in [4.69, 9.17) is 9.47 Å². The number of rotatable bonds is 3. The Labute approximate surface area is 100 Å². The van der Waals surface area contributed by atoms with Crippen LogP contribution < -0.4 is 9.47 Å². The molecule has 0 spiro atoms. The monoisotopic (exact) mass is 230 g/mol. The molecule has 1 aromatic heterocycles. The molecule has 4 heteroatoms. The minimum absolute atomic E-state index is 0.368. The lowest BCUT2D eigenvalue weighted by Gasteiger charge is -2.06. The molecule has 0 aliphatic heterocycles. The van der Waals surface area contributed by atoms with Crippen molar-refractivity contribution < 1.29 is 9.47 Å². The zero-order chi connectivity index (χ0) is 12.3. The van der Waals surface area contributed by atoms with E-state index in [9.17, 15) is 0 Å². The number of aromatic nitrogens is 2. The third-order valence-corrected chi connectivity index (χ3v) is 2.23. The number of benzene rings is 1. The highest BCUT2D eigenvalue weighted by Gasteiger charge is 2.02. The predicted molar refractivity (Wildman–Crippen MR) is 64.6 cm³/mol. The molecule has 88 valence electrons. The SMILES string of the molecule is COc1ccc(Oc2nc(C)cc(C)n2)cc1. The summed E-state index contributed by atoms with van der Waals surface area (Å²) in [5.74, 6) is 1.48. The second-order valence-corrected chi connectivity index (χ2v) is 3.71.